The second-order valence-corrected chi connectivity index (χ2v) is 4.83. The summed E-state index contributed by atoms with van der Waals surface area (Å²) in [6, 6.07) is 12.8. The number of nitrogens with one attached hydrogen (secondary N) is 2. The fraction of sp³-hybridized carbons (Fsp3) is 0.250. The predicted molar refractivity (Wildman–Crippen MR) is 80.3 cm³/mol. The van der Waals surface area contributed by atoms with Gasteiger partial charge in [-0.05, 0) is 42.8 Å². The van der Waals surface area contributed by atoms with Crippen LogP contribution >= 0.6 is 0 Å². The summed E-state index contributed by atoms with van der Waals surface area (Å²) < 4.78 is 2.31. The van der Waals surface area contributed by atoms with E-state index >= 15 is 0 Å². The standard InChI is InChI=1S/C16H19N3/c1-2-9-19-10-3-4-15(19)12-18-14-5-6-16-13(11-14)7-8-17-16/h3-8,10-11,17-18H,2,9,12H2,1H3. The molecule has 2 heterocycles. The van der Waals surface area contributed by atoms with Crippen molar-refractivity contribution in [3.63, 3.8) is 0 Å². The summed E-state index contributed by atoms with van der Waals surface area (Å²) in [5.41, 5.74) is 3.67. The zero-order valence-electron chi connectivity index (χ0n) is 11.2. The normalized spacial score (nSPS) is 11.0. The Morgan fingerprint density at radius 1 is 1.21 bits per heavy atom. The van der Waals surface area contributed by atoms with Gasteiger partial charge in [-0.15, -0.1) is 0 Å². The molecule has 0 saturated heterocycles. The predicted octanol–water partition coefficient (Wildman–Crippen LogP) is 3.99. The van der Waals surface area contributed by atoms with Gasteiger partial charge in [0, 0.05) is 41.2 Å². The van der Waals surface area contributed by atoms with Crippen LogP contribution in [-0.4, -0.2) is 9.55 Å². The van der Waals surface area contributed by atoms with Gasteiger partial charge in [-0.3, -0.25) is 0 Å². The molecule has 0 fully saturated rings. The summed E-state index contributed by atoms with van der Waals surface area (Å²) in [5.74, 6) is 0. The van der Waals surface area contributed by atoms with E-state index in [0.29, 0.717) is 0 Å². The largest absolute Gasteiger partial charge is 0.379 e. The smallest absolute Gasteiger partial charge is 0.0553 e. The molecular weight excluding hydrogens is 234 g/mol. The molecule has 3 rings (SSSR count). The Morgan fingerprint density at radius 2 is 2.16 bits per heavy atom. The molecule has 1 aromatic carbocycles. The third-order valence-corrected chi connectivity index (χ3v) is 3.41. The van der Waals surface area contributed by atoms with Gasteiger partial charge < -0.3 is 14.9 Å². The molecule has 98 valence electrons. The Hall–Kier alpha value is -2.16. The fourth-order valence-electron chi connectivity index (χ4n) is 2.42. The Labute approximate surface area is 113 Å². The Bertz CT molecular complexity index is 663. The van der Waals surface area contributed by atoms with Crippen LogP contribution in [0.1, 0.15) is 19.0 Å². The number of aryl methyl sites for hydroxylation is 1. The van der Waals surface area contributed by atoms with Gasteiger partial charge in [0.05, 0.1) is 6.54 Å². The second-order valence-electron chi connectivity index (χ2n) is 4.83. The first-order valence-corrected chi connectivity index (χ1v) is 6.82. The summed E-state index contributed by atoms with van der Waals surface area (Å²) in [4.78, 5) is 3.21. The minimum atomic E-state index is 0.864. The number of rotatable bonds is 5. The van der Waals surface area contributed by atoms with Crippen molar-refractivity contribution in [1.29, 1.82) is 0 Å². The van der Waals surface area contributed by atoms with Crippen molar-refractivity contribution < 1.29 is 0 Å². The quantitative estimate of drug-likeness (QED) is 0.708. The lowest BCUT2D eigenvalue weighted by Crippen LogP contribution is -2.06. The van der Waals surface area contributed by atoms with E-state index in [1.807, 2.05) is 6.20 Å². The highest BCUT2D eigenvalue weighted by molar-refractivity contribution is 5.82. The van der Waals surface area contributed by atoms with E-state index in [1.165, 1.54) is 16.6 Å². The first-order valence-electron chi connectivity index (χ1n) is 6.82. The van der Waals surface area contributed by atoms with Crippen LogP contribution in [0.5, 0.6) is 0 Å². The maximum Gasteiger partial charge on any atom is 0.0553 e. The van der Waals surface area contributed by atoms with E-state index in [-0.39, 0.29) is 0 Å². The van der Waals surface area contributed by atoms with Crippen LogP contribution in [0, 0.1) is 0 Å². The summed E-state index contributed by atoms with van der Waals surface area (Å²) in [6.07, 6.45) is 5.29. The summed E-state index contributed by atoms with van der Waals surface area (Å²) in [7, 11) is 0. The van der Waals surface area contributed by atoms with E-state index < -0.39 is 0 Å². The van der Waals surface area contributed by atoms with E-state index in [9.17, 15) is 0 Å². The number of benzene rings is 1. The van der Waals surface area contributed by atoms with E-state index in [1.54, 1.807) is 0 Å². The SMILES string of the molecule is CCCn1cccc1CNc1ccc2[nH]ccc2c1. The molecule has 0 atom stereocenters. The molecule has 0 saturated carbocycles. The van der Waals surface area contributed by atoms with Crippen molar-refractivity contribution in [2.24, 2.45) is 0 Å². The number of anilines is 1. The van der Waals surface area contributed by atoms with Crippen LogP contribution in [0.2, 0.25) is 0 Å². The van der Waals surface area contributed by atoms with E-state index in [4.69, 9.17) is 0 Å². The molecule has 3 aromatic rings. The van der Waals surface area contributed by atoms with Crippen molar-refractivity contribution in [2.45, 2.75) is 26.4 Å². The van der Waals surface area contributed by atoms with E-state index in [2.05, 4.69) is 64.4 Å². The molecule has 0 aliphatic heterocycles. The number of hydrogen-bond acceptors (Lipinski definition) is 1. The molecule has 0 aliphatic rings. The highest BCUT2D eigenvalue weighted by Gasteiger charge is 2.01. The lowest BCUT2D eigenvalue weighted by molar-refractivity contribution is 0.654. The van der Waals surface area contributed by atoms with Crippen molar-refractivity contribution in [1.82, 2.24) is 9.55 Å². The van der Waals surface area contributed by atoms with Crippen molar-refractivity contribution >= 4 is 16.6 Å². The average molecular weight is 253 g/mol. The summed E-state index contributed by atoms with van der Waals surface area (Å²) in [5, 5.41) is 4.74. The molecule has 0 bridgehead atoms. The number of aromatic nitrogens is 2. The summed E-state index contributed by atoms with van der Waals surface area (Å²) >= 11 is 0. The Morgan fingerprint density at radius 3 is 3.05 bits per heavy atom. The first kappa shape index (κ1) is 11.9. The van der Waals surface area contributed by atoms with Gasteiger partial charge >= 0.3 is 0 Å². The van der Waals surface area contributed by atoms with Gasteiger partial charge in [0.15, 0.2) is 0 Å². The molecule has 2 aromatic heterocycles. The van der Waals surface area contributed by atoms with Crippen LogP contribution in [0.25, 0.3) is 10.9 Å². The zero-order valence-corrected chi connectivity index (χ0v) is 11.2. The van der Waals surface area contributed by atoms with Crippen LogP contribution in [0.3, 0.4) is 0 Å². The summed E-state index contributed by atoms with van der Waals surface area (Å²) in [6.45, 7) is 4.15. The minimum absolute atomic E-state index is 0.864. The van der Waals surface area contributed by atoms with Crippen molar-refractivity contribution in [3.8, 4) is 0 Å². The van der Waals surface area contributed by atoms with Crippen LogP contribution < -0.4 is 5.32 Å². The first-order chi connectivity index (χ1) is 9.36. The molecule has 0 spiro atoms. The third kappa shape index (κ3) is 2.50. The van der Waals surface area contributed by atoms with Gasteiger partial charge in [0.1, 0.15) is 0 Å². The number of nitrogens with zero attached hydrogens (tertiary/aromatic N) is 1. The van der Waals surface area contributed by atoms with Crippen LogP contribution in [0.4, 0.5) is 5.69 Å². The molecule has 19 heavy (non-hydrogen) atoms. The highest BCUT2D eigenvalue weighted by atomic mass is 15.0. The minimum Gasteiger partial charge on any atom is -0.379 e. The maximum absolute atomic E-state index is 3.49. The van der Waals surface area contributed by atoms with Crippen LogP contribution in [0.15, 0.2) is 48.8 Å². The second kappa shape index (κ2) is 5.22. The van der Waals surface area contributed by atoms with Gasteiger partial charge in [0.2, 0.25) is 0 Å². The number of hydrogen-bond donors (Lipinski definition) is 2. The van der Waals surface area contributed by atoms with Gasteiger partial charge in [0.25, 0.3) is 0 Å². The zero-order chi connectivity index (χ0) is 13.1. The van der Waals surface area contributed by atoms with Gasteiger partial charge in [-0.1, -0.05) is 6.92 Å². The molecule has 0 radical (unpaired) electrons. The lowest BCUT2D eigenvalue weighted by Gasteiger charge is -2.10. The Kier molecular flexibility index (Phi) is 3.27. The molecule has 0 unspecified atom stereocenters. The molecule has 0 amide bonds. The monoisotopic (exact) mass is 253 g/mol. The number of fused-ring (bicyclic) bond motifs is 1. The van der Waals surface area contributed by atoms with Crippen LogP contribution in [-0.2, 0) is 13.1 Å². The van der Waals surface area contributed by atoms with Gasteiger partial charge in [-0.2, -0.15) is 0 Å². The molecule has 2 N–H and O–H groups in total. The molecule has 3 nitrogen and oxygen atoms in total. The fourth-order valence-corrected chi connectivity index (χ4v) is 2.42. The van der Waals surface area contributed by atoms with Gasteiger partial charge in [-0.25, -0.2) is 0 Å². The maximum atomic E-state index is 3.49. The third-order valence-electron chi connectivity index (χ3n) is 3.41. The highest BCUT2D eigenvalue weighted by Crippen LogP contribution is 2.18. The molecule has 3 heteroatoms. The number of aromatic amines is 1. The topological polar surface area (TPSA) is 32.8 Å². The molecule has 0 aliphatic carbocycles. The average Bonchev–Trinajstić information content (AvgIpc) is 3.05. The number of H-pyrrole nitrogens is 1. The van der Waals surface area contributed by atoms with E-state index in [0.717, 1.165) is 25.2 Å². The molecular formula is C16H19N3. The Balaban J connectivity index is 1.72. The lowest BCUT2D eigenvalue weighted by atomic mass is 10.2. The van der Waals surface area contributed by atoms with Crippen molar-refractivity contribution in [3.05, 3.63) is 54.5 Å². The van der Waals surface area contributed by atoms with Crippen molar-refractivity contribution in [2.75, 3.05) is 5.32 Å².